The minimum Gasteiger partial charge on any atom is -0.497 e. The molecule has 30 heavy (non-hydrogen) atoms. The normalized spacial score (nSPS) is 16.4. The van der Waals surface area contributed by atoms with Crippen LogP contribution in [0.1, 0.15) is 25.7 Å². The van der Waals surface area contributed by atoms with Crippen molar-refractivity contribution in [2.75, 3.05) is 53.5 Å². The summed E-state index contributed by atoms with van der Waals surface area (Å²) in [6.07, 6.45) is -0.739. The molecule has 0 unspecified atom stereocenters. The van der Waals surface area contributed by atoms with Gasteiger partial charge in [0.1, 0.15) is 11.5 Å². The van der Waals surface area contributed by atoms with Gasteiger partial charge in [0.15, 0.2) is 5.96 Å². The lowest BCUT2D eigenvalue weighted by molar-refractivity contribution is -0.148. The lowest BCUT2D eigenvalue weighted by Gasteiger charge is -2.32. The van der Waals surface area contributed by atoms with E-state index in [1.54, 1.807) is 14.2 Å². The fourth-order valence-electron chi connectivity index (χ4n) is 3.46. The number of likely N-dealkylation sites (tertiary alicyclic amines) is 1. The van der Waals surface area contributed by atoms with Gasteiger partial charge < -0.3 is 20.1 Å². The summed E-state index contributed by atoms with van der Waals surface area (Å²) in [6, 6.07) is 7.50. The van der Waals surface area contributed by atoms with Gasteiger partial charge in [-0.2, -0.15) is 13.2 Å². The third-order valence-electron chi connectivity index (χ3n) is 5.10. The molecule has 0 atom stereocenters. The molecule has 0 aromatic heterocycles. The third kappa shape index (κ3) is 9.56. The fraction of sp³-hybridized carbons (Fsp3) is 0.667. The summed E-state index contributed by atoms with van der Waals surface area (Å²) in [5.74, 6) is 2.72. The van der Waals surface area contributed by atoms with Gasteiger partial charge in [0, 0.05) is 26.2 Å². The summed E-state index contributed by atoms with van der Waals surface area (Å²) in [7, 11) is 3.34. The van der Waals surface area contributed by atoms with Gasteiger partial charge in [0.05, 0.1) is 20.3 Å². The standard InChI is InChI=1S/C21H33F3N4O2/c1-25-20(26-10-4-14-30-19-6-3-5-18(15-19)29-2)27-11-7-17-8-12-28(13-9-17)16-21(22,23)24/h3,5-6,15,17H,4,7-14,16H2,1-2H3,(H2,25,26,27). The van der Waals surface area contributed by atoms with E-state index >= 15 is 0 Å². The molecule has 0 spiro atoms. The number of benzene rings is 1. The first kappa shape index (κ1) is 24.1. The van der Waals surface area contributed by atoms with Crippen molar-refractivity contribution < 1.29 is 22.6 Å². The Morgan fingerprint density at radius 3 is 2.53 bits per heavy atom. The summed E-state index contributed by atoms with van der Waals surface area (Å²) in [6.45, 7) is 2.29. The average molecular weight is 431 g/mol. The highest BCUT2D eigenvalue weighted by molar-refractivity contribution is 5.79. The van der Waals surface area contributed by atoms with Gasteiger partial charge in [0.2, 0.25) is 0 Å². The Morgan fingerprint density at radius 1 is 1.17 bits per heavy atom. The van der Waals surface area contributed by atoms with E-state index in [-0.39, 0.29) is 0 Å². The molecule has 1 heterocycles. The molecule has 0 aliphatic carbocycles. The number of hydrogen-bond donors (Lipinski definition) is 2. The molecular formula is C21H33F3N4O2. The molecule has 1 aromatic rings. The van der Waals surface area contributed by atoms with Crippen LogP contribution in [0.4, 0.5) is 13.2 Å². The van der Waals surface area contributed by atoms with Crippen molar-refractivity contribution in [3.05, 3.63) is 24.3 Å². The maximum Gasteiger partial charge on any atom is 0.401 e. The van der Waals surface area contributed by atoms with Crippen LogP contribution in [0.3, 0.4) is 0 Å². The number of nitrogens with zero attached hydrogens (tertiary/aromatic N) is 2. The Bertz CT molecular complexity index is 647. The van der Waals surface area contributed by atoms with Crippen molar-refractivity contribution >= 4 is 5.96 Å². The topological polar surface area (TPSA) is 58.1 Å². The number of ether oxygens (including phenoxy) is 2. The van der Waals surface area contributed by atoms with Gasteiger partial charge in [-0.05, 0) is 56.8 Å². The number of rotatable bonds is 10. The molecule has 2 rings (SSSR count). The second-order valence-corrected chi connectivity index (χ2v) is 7.43. The molecular weight excluding hydrogens is 397 g/mol. The predicted molar refractivity (Wildman–Crippen MR) is 112 cm³/mol. The zero-order valence-electron chi connectivity index (χ0n) is 17.8. The summed E-state index contributed by atoms with van der Waals surface area (Å²) >= 11 is 0. The van der Waals surface area contributed by atoms with Crippen molar-refractivity contribution in [2.45, 2.75) is 31.9 Å². The molecule has 1 aliphatic heterocycles. The van der Waals surface area contributed by atoms with Crippen LogP contribution in [0.5, 0.6) is 11.5 Å². The first-order valence-electron chi connectivity index (χ1n) is 10.4. The highest BCUT2D eigenvalue weighted by Crippen LogP contribution is 2.24. The quantitative estimate of drug-likeness (QED) is 0.339. The van der Waals surface area contributed by atoms with Crippen LogP contribution >= 0.6 is 0 Å². The second-order valence-electron chi connectivity index (χ2n) is 7.43. The van der Waals surface area contributed by atoms with E-state index in [0.29, 0.717) is 25.6 Å². The van der Waals surface area contributed by atoms with Crippen LogP contribution in [0.2, 0.25) is 0 Å². The van der Waals surface area contributed by atoms with Crippen molar-refractivity contribution in [2.24, 2.45) is 10.9 Å². The molecule has 1 saturated heterocycles. The number of aliphatic imine (C=N–C) groups is 1. The Morgan fingerprint density at radius 2 is 1.87 bits per heavy atom. The Hall–Kier alpha value is -2.16. The molecule has 1 aliphatic rings. The van der Waals surface area contributed by atoms with Crippen LogP contribution in [0.25, 0.3) is 0 Å². The number of nitrogens with one attached hydrogen (secondary N) is 2. The van der Waals surface area contributed by atoms with Gasteiger partial charge in [-0.15, -0.1) is 0 Å². The van der Waals surface area contributed by atoms with E-state index in [0.717, 1.165) is 56.2 Å². The van der Waals surface area contributed by atoms with Crippen molar-refractivity contribution in [1.29, 1.82) is 0 Å². The number of hydrogen-bond acceptors (Lipinski definition) is 4. The lowest BCUT2D eigenvalue weighted by Crippen LogP contribution is -2.41. The first-order valence-corrected chi connectivity index (χ1v) is 10.4. The van der Waals surface area contributed by atoms with E-state index in [1.165, 1.54) is 4.90 Å². The maximum atomic E-state index is 12.5. The average Bonchev–Trinajstić information content (AvgIpc) is 2.72. The SMILES string of the molecule is CN=C(NCCCOc1cccc(OC)c1)NCCC1CCN(CC(F)(F)F)CC1. The van der Waals surface area contributed by atoms with Crippen LogP contribution in [-0.4, -0.2) is 70.5 Å². The van der Waals surface area contributed by atoms with Crippen LogP contribution in [0.15, 0.2) is 29.3 Å². The van der Waals surface area contributed by atoms with Gasteiger partial charge in [-0.1, -0.05) is 6.07 Å². The van der Waals surface area contributed by atoms with E-state index in [1.807, 2.05) is 24.3 Å². The molecule has 9 heteroatoms. The molecule has 0 saturated carbocycles. The van der Waals surface area contributed by atoms with E-state index in [9.17, 15) is 13.2 Å². The van der Waals surface area contributed by atoms with Crippen molar-refractivity contribution in [1.82, 2.24) is 15.5 Å². The minimum atomic E-state index is -4.11. The van der Waals surface area contributed by atoms with Gasteiger partial charge >= 0.3 is 6.18 Å². The van der Waals surface area contributed by atoms with Crippen molar-refractivity contribution in [3.63, 3.8) is 0 Å². The smallest absolute Gasteiger partial charge is 0.401 e. The highest BCUT2D eigenvalue weighted by atomic mass is 19.4. The van der Waals surface area contributed by atoms with Gasteiger partial charge in [0.25, 0.3) is 0 Å². The van der Waals surface area contributed by atoms with E-state index in [4.69, 9.17) is 9.47 Å². The minimum absolute atomic E-state index is 0.455. The number of piperidine rings is 1. The summed E-state index contributed by atoms with van der Waals surface area (Å²) in [4.78, 5) is 5.70. The summed E-state index contributed by atoms with van der Waals surface area (Å²) in [5, 5.41) is 6.53. The largest absolute Gasteiger partial charge is 0.497 e. The van der Waals surface area contributed by atoms with Gasteiger partial charge in [-0.25, -0.2) is 0 Å². The zero-order valence-corrected chi connectivity index (χ0v) is 17.8. The molecule has 170 valence electrons. The molecule has 6 nitrogen and oxygen atoms in total. The fourth-order valence-corrected chi connectivity index (χ4v) is 3.46. The Balaban J connectivity index is 1.54. The predicted octanol–water partition coefficient (Wildman–Crippen LogP) is 3.29. The summed E-state index contributed by atoms with van der Waals surface area (Å²) in [5.41, 5.74) is 0. The molecule has 0 radical (unpaired) electrons. The Labute approximate surface area is 176 Å². The number of alkyl halides is 3. The molecule has 0 amide bonds. The molecule has 0 bridgehead atoms. The number of methoxy groups -OCH3 is 1. The lowest BCUT2D eigenvalue weighted by atomic mass is 9.93. The van der Waals surface area contributed by atoms with Crippen LogP contribution < -0.4 is 20.1 Å². The molecule has 1 aromatic carbocycles. The number of halogens is 3. The zero-order chi connectivity index (χ0) is 21.8. The van der Waals surface area contributed by atoms with E-state index < -0.39 is 12.7 Å². The first-order chi connectivity index (χ1) is 14.4. The van der Waals surface area contributed by atoms with Crippen LogP contribution in [-0.2, 0) is 0 Å². The maximum absolute atomic E-state index is 12.5. The highest BCUT2D eigenvalue weighted by Gasteiger charge is 2.32. The monoisotopic (exact) mass is 430 g/mol. The molecule has 1 fully saturated rings. The number of guanidine groups is 1. The van der Waals surface area contributed by atoms with Crippen LogP contribution in [0, 0.1) is 5.92 Å². The van der Waals surface area contributed by atoms with E-state index in [2.05, 4.69) is 15.6 Å². The van der Waals surface area contributed by atoms with Crippen molar-refractivity contribution in [3.8, 4) is 11.5 Å². The summed E-state index contributed by atoms with van der Waals surface area (Å²) < 4.78 is 48.2. The second kappa shape index (κ2) is 12.5. The molecule has 2 N–H and O–H groups in total. The Kier molecular flexibility index (Phi) is 10.1. The van der Waals surface area contributed by atoms with Gasteiger partial charge in [-0.3, -0.25) is 9.89 Å². The third-order valence-corrected chi connectivity index (χ3v) is 5.10.